The van der Waals surface area contributed by atoms with E-state index in [0.29, 0.717) is 6.42 Å². The van der Waals surface area contributed by atoms with Crippen molar-refractivity contribution in [2.75, 3.05) is 0 Å². The Bertz CT molecular complexity index is 546. The highest BCUT2D eigenvalue weighted by molar-refractivity contribution is 5.97. The van der Waals surface area contributed by atoms with Crippen LogP contribution in [0, 0.1) is 5.82 Å². The van der Waals surface area contributed by atoms with Gasteiger partial charge in [0.1, 0.15) is 5.82 Å². The summed E-state index contributed by atoms with van der Waals surface area (Å²) in [5.41, 5.74) is 2.05. The average Bonchev–Trinajstić information content (AvgIpc) is 2.40. The molecule has 0 fully saturated rings. The molecule has 18 heavy (non-hydrogen) atoms. The summed E-state index contributed by atoms with van der Waals surface area (Å²) in [5.74, 6) is -0.569. The number of hydrogen-bond acceptors (Lipinski definition) is 1. The first-order chi connectivity index (χ1) is 8.72. The van der Waals surface area contributed by atoms with Gasteiger partial charge in [-0.2, -0.15) is 0 Å². The molecule has 2 aromatic carbocycles. The van der Waals surface area contributed by atoms with Gasteiger partial charge < -0.3 is 0 Å². The van der Waals surface area contributed by atoms with Crippen molar-refractivity contribution in [3.63, 3.8) is 0 Å². The van der Waals surface area contributed by atoms with E-state index in [1.54, 1.807) is 12.1 Å². The predicted octanol–water partition coefficient (Wildman–Crippen LogP) is 4.48. The molecule has 0 aliphatic carbocycles. The molecule has 0 heterocycles. The number of halogens is 1. The van der Waals surface area contributed by atoms with E-state index in [4.69, 9.17) is 0 Å². The fraction of sp³-hybridized carbons (Fsp3) is 0.188. The molecule has 92 valence electrons. The highest BCUT2D eigenvalue weighted by Gasteiger charge is 2.12. The topological polar surface area (TPSA) is 17.1 Å². The van der Waals surface area contributed by atoms with Gasteiger partial charge in [0, 0.05) is 6.42 Å². The maximum Gasteiger partial charge on any atom is 0.165 e. The summed E-state index contributed by atoms with van der Waals surface area (Å²) in [6.07, 6.45) is 1.11. The molecule has 0 saturated heterocycles. The number of carbonyl (C=O) groups is 1. The summed E-state index contributed by atoms with van der Waals surface area (Å²) in [5, 5.41) is 0. The van der Waals surface area contributed by atoms with Crippen LogP contribution < -0.4 is 0 Å². The third-order valence-corrected chi connectivity index (χ3v) is 2.85. The molecule has 0 spiro atoms. The number of Topliss-reactive ketones (excluding diaryl/α,β-unsaturated/α-hetero) is 1. The molecule has 2 aromatic rings. The lowest BCUT2D eigenvalue weighted by atomic mass is 9.99. The first-order valence-electron chi connectivity index (χ1n) is 6.10. The van der Waals surface area contributed by atoms with E-state index in [0.717, 1.165) is 17.5 Å². The van der Waals surface area contributed by atoms with Gasteiger partial charge in [0.25, 0.3) is 0 Å². The third-order valence-electron chi connectivity index (χ3n) is 2.85. The Morgan fingerprint density at radius 3 is 2.44 bits per heavy atom. The van der Waals surface area contributed by atoms with E-state index < -0.39 is 5.82 Å². The smallest absolute Gasteiger partial charge is 0.165 e. The monoisotopic (exact) mass is 242 g/mol. The van der Waals surface area contributed by atoms with Crippen LogP contribution in [0.3, 0.4) is 0 Å². The van der Waals surface area contributed by atoms with Crippen LogP contribution in [0.15, 0.2) is 48.5 Å². The lowest BCUT2D eigenvalue weighted by Gasteiger charge is -2.06. The molecule has 0 amide bonds. The maximum absolute atomic E-state index is 13.6. The fourth-order valence-electron chi connectivity index (χ4n) is 1.91. The SMILES string of the molecule is CCCC(=O)c1cc(-c2ccccc2)ccc1F. The van der Waals surface area contributed by atoms with Gasteiger partial charge in [-0.15, -0.1) is 0 Å². The average molecular weight is 242 g/mol. The standard InChI is InChI=1S/C16H15FO/c1-2-6-16(18)14-11-13(9-10-15(14)17)12-7-4-3-5-8-12/h3-5,7-11H,2,6H2,1H3. The summed E-state index contributed by atoms with van der Waals surface area (Å²) in [7, 11) is 0. The van der Waals surface area contributed by atoms with Crippen LogP contribution in [-0.4, -0.2) is 5.78 Å². The second-order valence-corrected chi connectivity index (χ2v) is 4.23. The molecular weight excluding hydrogens is 227 g/mol. The van der Waals surface area contributed by atoms with Gasteiger partial charge in [0.15, 0.2) is 5.78 Å². The second-order valence-electron chi connectivity index (χ2n) is 4.23. The van der Waals surface area contributed by atoms with Gasteiger partial charge in [-0.25, -0.2) is 4.39 Å². The Kier molecular flexibility index (Phi) is 3.88. The molecule has 0 aliphatic rings. The van der Waals surface area contributed by atoms with Gasteiger partial charge >= 0.3 is 0 Å². The Morgan fingerprint density at radius 1 is 1.06 bits per heavy atom. The van der Waals surface area contributed by atoms with Crippen molar-refractivity contribution in [1.29, 1.82) is 0 Å². The first-order valence-corrected chi connectivity index (χ1v) is 6.10. The number of carbonyl (C=O) groups excluding carboxylic acids is 1. The van der Waals surface area contributed by atoms with Crippen LogP contribution in [0.4, 0.5) is 4.39 Å². The number of hydrogen-bond donors (Lipinski definition) is 0. The molecule has 2 rings (SSSR count). The van der Waals surface area contributed by atoms with Crippen molar-refractivity contribution in [2.45, 2.75) is 19.8 Å². The molecular formula is C16H15FO. The molecule has 0 unspecified atom stereocenters. The summed E-state index contributed by atoms with van der Waals surface area (Å²) >= 11 is 0. The Balaban J connectivity index is 2.41. The lowest BCUT2D eigenvalue weighted by Crippen LogP contribution is -2.02. The zero-order chi connectivity index (χ0) is 13.0. The van der Waals surface area contributed by atoms with Gasteiger partial charge in [-0.05, 0) is 29.7 Å². The first kappa shape index (κ1) is 12.5. The van der Waals surface area contributed by atoms with Crippen LogP contribution in [0.2, 0.25) is 0 Å². The van der Waals surface area contributed by atoms with Crippen LogP contribution >= 0.6 is 0 Å². The highest BCUT2D eigenvalue weighted by Crippen LogP contribution is 2.22. The van der Waals surface area contributed by atoms with Crippen molar-refractivity contribution in [3.8, 4) is 11.1 Å². The summed E-state index contributed by atoms with van der Waals surface area (Å²) in [6.45, 7) is 1.91. The molecule has 1 nitrogen and oxygen atoms in total. The molecule has 0 N–H and O–H groups in total. The minimum atomic E-state index is -0.437. The van der Waals surface area contributed by atoms with E-state index in [1.165, 1.54) is 6.07 Å². The van der Waals surface area contributed by atoms with Crippen molar-refractivity contribution in [2.24, 2.45) is 0 Å². The van der Waals surface area contributed by atoms with Crippen molar-refractivity contribution in [3.05, 3.63) is 59.9 Å². The largest absolute Gasteiger partial charge is 0.294 e. The molecule has 0 atom stereocenters. The summed E-state index contributed by atoms with van der Waals surface area (Å²) < 4.78 is 13.6. The highest BCUT2D eigenvalue weighted by atomic mass is 19.1. The summed E-state index contributed by atoms with van der Waals surface area (Å²) in [4.78, 5) is 11.8. The zero-order valence-corrected chi connectivity index (χ0v) is 10.3. The van der Waals surface area contributed by atoms with Crippen molar-refractivity contribution >= 4 is 5.78 Å². The number of benzene rings is 2. The Labute approximate surface area is 106 Å². The molecule has 0 aromatic heterocycles. The molecule has 0 bridgehead atoms. The molecule has 0 aliphatic heterocycles. The lowest BCUT2D eigenvalue weighted by molar-refractivity contribution is 0.0978. The normalized spacial score (nSPS) is 10.3. The maximum atomic E-state index is 13.6. The molecule has 2 heteroatoms. The quantitative estimate of drug-likeness (QED) is 0.723. The van der Waals surface area contributed by atoms with E-state index in [9.17, 15) is 9.18 Å². The third kappa shape index (κ3) is 2.65. The van der Waals surface area contributed by atoms with E-state index >= 15 is 0 Å². The molecule has 0 radical (unpaired) electrons. The van der Waals surface area contributed by atoms with Crippen LogP contribution in [0.1, 0.15) is 30.1 Å². The van der Waals surface area contributed by atoms with Gasteiger partial charge in [0.05, 0.1) is 5.56 Å². The fourth-order valence-corrected chi connectivity index (χ4v) is 1.91. The van der Waals surface area contributed by atoms with Crippen molar-refractivity contribution < 1.29 is 9.18 Å². The van der Waals surface area contributed by atoms with Crippen LogP contribution in [-0.2, 0) is 0 Å². The van der Waals surface area contributed by atoms with Crippen molar-refractivity contribution in [1.82, 2.24) is 0 Å². The van der Waals surface area contributed by atoms with Gasteiger partial charge in [-0.3, -0.25) is 4.79 Å². The van der Waals surface area contributed by atoms with Crippen LogP contribution in [0.25, 0.3) is 11.1 Å². The Morgan fingerprint density at radius 2 is 1.78 bits per heavy atom. The summed E-state index contributed by atoms with van der Waals surface area (Å²) in [6, 6.07) is 14.4. The Hall–Kier alpha value is -1.96. The minimum absolute atomic E-state index is 0.132. The van der Waals surface area contributed by atoms with E-state index in [2.05, 4.69) is 0 Å². The number of rotatable bonds is 4. The molecule has 0 saturated carbocycles. The predicted molar refractivity (Wildman–Crippen MR) is 71.1 cm³/mol. The van der Waals surface area contributed by atoms with Gasteiger partial charge in [-0.1, -0.05) is 43.3 Å². The zero-order valence-electron chi connectivity index (χ0n) is 10.3. The van der Waals surface area contributed by atoms with E-state index in [-0.39, 0.29) is 11.3 Å². The number of ketones is 1. The van der Waals surface area contributed by atoms with Gasteiger partial charge in [0.2, 0.25) is 0 Å². The second kappa shape index (κ2) is 5.58. The van der Waals surface area contributed by atoms with E-state index in [1.807, 2.05) is 37.3 Å². The van der Waals surface area contributed by atoms with Crippen LogP contribution in [0.5, 0.6) is 0 Å². The minimum Gasteiger partial charge on any atom is -0.294 e.